The van der Waals surface area contributed by atoms with Gasteiger partial charge in [-0.15, -0.1) is 0 Å². The van der Waals surface area contributed by atoms with Gasteiger partial charge < -0.3 is 9.80 Å². The lowest BCUT2D eigenvalue weighted by Crippen LogP contribution is -2.42. The summed E-state index contributed by atoms with van der Waals surface area (Å²) in [5.41, 5.74) is 1.99. The van der Waals surface area contributed by atoms with Crippen molar-refractivity contribution < 1.29 is 9.59 Å². The van der Waals surface area contributed by atoms with Gasteiger partial charge in [-0.1, -0.05) is 19.1 Å². The van der Waals surface area contributed by atoms with E-state index in [1.54, 1.807) is 4.90 Å². The SMILES string of the molecule is CCc1ccc(N(CC(=O)N(CC)CC)C(C)=O)cc1. The summed E-state index contributed by atoms with van der Waals surface area (Å²) in [5, 5.41) is 0. The normalized spacial score (nSPS) is 10.2. The van der Waals surface area contributed by atoms with Crippen LogP contribution in [0, 0.1) is 0 Å². The molecule has 20 heavy (non-hydrogen) atoms. The number of hydrogen-bond acceptors (Lipinski definition) is 2. The fourth-order valence-corrected chi connectivity index (χ4v) is 2.11. The minimum Gasteiger partial charge on any atom is -0.342 e. The van der Waals surface area contributed by atoms with E-state index in [-0.39, 0.29) is 18.4 Å². The van der Waals surface area contributed by atoms with Crippen LogP contribution in [-0.4, -0.2) is 36.3 Å². The topological polar surface area (TPSA) is 40.6 Å². The molecule has 1 aromatic carbocycles. The highest BCUT2D eigenvalue weighted by molar-refractivity contribution is 5.97. The highest BCUT2D eigenvalue weighted by Gasteiger charge is 2.18. The molecule has 0 saturated carbocycles. The molecule has 1 aromatic rings. The van der Waals surface area contributed by atoms with E-state index in [2.05, 4.69) is 6.92 Å². The molecule has 0 N–H and O–H groups in total. The second-order valence-corrected chi connectivity index (χ2v) is 4.69. The van der Waals surface area contributed by atoms with Crippen molar-refractivity contribution in [1.82, 2.24) is 4.90 Å². The number of carbonyl (C=O) groups excluding carboxylic acids is 2. The maximum absolute atomic E-state index is 12.1. The summed E-state index contributed by atoms with van der Waals surface area (Å²) in [6.45, 7) is 8.88. The first-order valence-corrected chi connectivity index (χ1v) is 7.18. The fourth-order valence-electron chi connectivity index (χ4n) is 2.11. The van der Waals surface area contributed by atoms with E-state index in [4.69, 9.17) is 0 Å². The van der Waals surface area contributed by atoms with Gasteiger partial charge in [0, 0.05) is 25.7 Å². The Morgan fingerprint density at radius 3 is 1.95 bits per heavy atom. The second kappa shape index (κ2) is 7.68. The highest BCUT2D eigenvalue weighted by Crippen LogP contribution is 2.16. The van der Waals surface area contributed by atoms with Crippen LogP contribution in [0.25, 0.3) is 0 Å². The molecule has 4 heteroatoms. The van der Waals surface area contributed by atoms with E-state index in [1.165, 1.54) is 17.4 Å². The Balaban J connectivity index is 2.88. The third-order valence-corrected chi connectivity index (χ3v) is 3.45. The number of hydrogen-bond donors (Lipinski definition) is 0. The van der Waals surface area contributed by atoms with Gasteiger partial charge in [0.25, 0.3) is 0 Å². The quantitative estimate of drug-likeness (QED) is 0.801. The third kappa shape index (κ3) is 4.08. The number of anilines is 1. The van der Waals surface area contributed by atoms with E-state index in [0.29, 0.717) is 13.1 Å². The summed E-state index contributed by atoms with van der Waals surface area (Å²) in [4.78, 5) is 27.2. The number of nitrogens with zero attached hydrogens (tertiary/aromatic N) is 2. The van der Waals surface area contributed by atoms with E-state index >= 15 is 0 Å². The lowest BCUT2D eigenvalue weighted by molar-refractivity contribution is -0.130. The molecule has 0 aromatic heterocycles. The number of benzene rings is 1. The largest absolute Gasteiger partial charge is 0.342 e. The molecule has 0 bridgehead atoms. The Bertz CT molecular complexity index is 450. The predicted octanol–water partition coefficient (Wildman–Crippen LogP) is 2.47. The van der Waals surface area contributed by atoms with Crippen molar-refractivity contribution in [2.75, 3.05) is 24.5 Å². The first-order chi connectivity index (χ1) is 9.53. The van der Waals surface area contributed by atoms with Gasteiger partial charge in [0.2, 0.25) is 11.8 Å². The molecular weight excluding hydrogens is 252 g/mol. The van der Waals surface area contributed by atoms with Crippen molar-refractivity contribution in [3.63, 3.8) is 0 Å². The third-order valence-electron chi connectivity index (χ3n) is 3.45. The van der Waals surface area contributed by atoms with E-state index in [0.717, 1.165) is 12.1 Å². The van der Waals surface area contributed by atoms with E-state index < -0.39 is 0 Å². The molecular formula is C16H24N2O2. The van der Waals surface area contributed by atoms with Crippen LogP contribution in [0.15, 0.2) is 24.3 Å². The molecule has 0 fully saturated rings. The van der Waals surface area contributed by atoms with E-state index in [9.17, 15) is 9.59 Å². The molecule has 4 nitrogen and oxygen atoms in total. The summed E-state index contributed by atoms with van der Waals surface area (Å²) in [5.74, 6) is -0.139. The van der Waals surface area contributed by atoms with Gasteiger partial charge in [0.05, 0.1) is 0 Å². The Labute approximate surface area is 121 Å². The van der Waals surface area contributed by atoms with Crippen molar-refractivity contribution >= 4 is 17.5 Å². The van der Waals surface area contributed by atoms with Crippen LogP contribution in [0.4, 0.5) is 5.69 Å². The maximum Gasteiger partial charge on any atom is 0.242 e. The summed E-state index contributed by atoms with van der Waals surface area (Å²) < 4.78 is 0. The standard InChI is InChI=1S/C16H24N2O2/c1-5-14-8-10-15(11-9-14)18(13(4)19)12-16(20)17(6-2)7-3/h8-11H,5-7,12H2,1-4H3. The summed E-state index contributed by atoms with van der Waals surface area (Å²) >= 11 is 0. The molecule has 0 aliphatic rings. The first-order valence-electron chi connectivity index (χ1n) is 7.18. The minimum atomic E-state index is -0.116. The number of aryl methyl sites for hydroxylation is 1. The smallest absolute Gasteiger partial charge is 0.242 e. The molecule has 0 unspecified atom stereocenters. The van der Waals surface area contributed by atoms with Crippen LogP contribution in [0.1, 0.15) is 33.3 Å². The Hall–Kier alpha value is -1.84. The Kier molecular flexibility index (Phi) is 6.22. The van der Waals surface area contributed by atoms with Crippen LogP contribution in [0.2, 0.25) is 0 Å². The van der Waals surface area contributed by atoms with Crippen LogP contribution < -0.4 is 4.90 Å². The van der Waals surface area contributed by atoms with Gasteiger partial charge >= 0.3 is 0 Å². The van der Waals surface area contributed by atoms with Crippen LogP contribution in [-0.2, 0) is 16.0 Å². The van der Waals surface area contributed by atoms with Crippen LogP contribution in [0.3, 0.4) is 0 Å². The zero-order valence-corrected chi connectivity index (χ0v) is 12.8. The van der Waals surface area contributed by atoms with Crippen molar-refractivity contribution in [3.05, 3.63) is 29.8 Å². The monoisotopic (exact) mass is 276 g/mol. The fraction of sp³-hybridized carbons (Fsp3) is 0.500. The van der Waals surface area contributed by atoms with Gasteiger partial charge in [-0.3, -0.25) is 9.59 Å². The molecule has 0 spiro atoms. The van der Waals surface area contributed by atoms with Crippen molar-refractivity contribution in [2.24, 2.45) is 0 Å². The van der Waals surface area contributed by atoms with Gasteiger partial charge in [-0.25, -0.2) is 0 Å². The number of rotatable bonds is 6. The Morgan fingerprint density at radius 2 is 1.55 bits per heavy atom. The highest BCUT2D eigenvalue weighted by atomic mass is 16.2. The zero-order valence-electron chi connectivity index (χ0n) is 12.8. The molecule has 0 aliphatic carbocycles. The molecule has 2 amide bonds. The van der Waals surface area contributed by atoms with Crippen LogP contribution in [0.5, 0.6) is 0 Å². The second-order valence-electron chi connectivity index (χ2n) is 4.69. The Morgan fingerprint density at radius 1 is 1.00 bits per heavy atom. The summed E-state index contributed by atoms with van der Waals surface area (Å²) in [6, 6.07) is 7.78. The van der Waals surface area contributed by atoms with Gasteiger partial charge in [-0.05, 0) is 38.0 Å². The van der Waals surface area contributed by atoms with Crippen molar-refractivity contribution in [1.29, 1.82) is 0 Å². The molecule has 1 rings (SSSR count). The maximum atomic E-state index is 12.1. The molecule has 0 aliphatic heterocycles. The van der Waals surface area contributed by atoms with Gasteiger partial charge in [0.15, 0.2) is 0 Å². The predicted molar refractivity (Wildman–Crippen MR) is 81.8 cm³/mol. The van der Waals surface area contributed by atoms with E-state index in [1.807, 2.05) is 38.1 Å². The number of carbonyl (C=O) groups is 2. The minimum absolute atomic E-state index is 0.0234. The van der Waals surface area contributed by atoms with Crippen molar-refractivity contribution in [3.8, 4) is 0 Å². The first kappa shape index (κ1) is 16.2. The molecule has 0 radical (unpaired) electrons. The van der Waals surface area contributed by atoms with Crippen LogP contribution >= 0.6 is 0 Å². The lowest BCUT2D eigenvalue weighted by atomic mass is 10.1. The summed E-state index contributed by atoms with van der Waals surface area (Å²) in [6.07, 6.45) is 0.957. The number of likely N-dealkylation sites (N-methyl/N-ethyl adjacent to an activating group) is 1. The average Bonchev–Trinajstić information content (AvgIpc) is 2.46. The number of amides is 2. The molecule has 0 atom stereocenters. The van der Waals surface area contributed by atoms with Gasteiger partial charge in [-0.2, -0.15) is 0 Å². The van der Waals surface area contributed by atoms with Crippen molar-refractivity contribution in [2.45, 2.75) is 34.1 Å². The molecule has 110 valence electrons. The lowest BCUT2D eigenvalue weighted by Gasteiger charge is -2.25. The average molecular weight is 276 g/mol. The molecule has 0 heterocycles. The zero-order chi connectivity index (χ0) is 15.1. The summed E-state index contributed by atoms with van der Waals surface area (Å²) in [7, 11) is 0. The molecule has 0 saturated heterocycles. The van der Waals surface area contributed by atoms with Gasteiger partial charge in [0.1, 0.15) is 6.54 Å².